The van der Waals surface area contributed by atoms with Crippen LogP contribution in [0.25, 0.3) is 0 Å². The molecule has 3 amide bonds. The highest BCUT2D eigenvalue weighted by molar-refractivity contribution is 6.91. The molecule has 0 bridgehead atoms. The lowest BCUT2D eigenvalue weighted by atomic mass is 9.82. The summed E-state index contributed by atoms with van der Waals surface area (Å²) >= 11 is 0. The molecule has 0 aliphatic carbocycles. The van der Waals surface area contributed by atoms with Crippen LogP contribution in [0.4, 0.5) is 17.1 Å². The molecule has 1 fully saturated rings. The Kier molecular flexibility index (Phi) is 13.5. The predicted molar refractivity (Wildman–Crippen MR) is 264 cm³/mol. The summed E-state index contributed by atoms with van der Waals surface area (Å²) in [6.07, 6.45) is 5.45. The van der Waals surface area contributed by atoms with E-state index in [1.165, 1.54) is 11.1 Å². The second-order valence-corrected chi connectivity index (χ2v) is 23.3. The first-order valence-electron chi connectivity index (χ1n) is 23.0. The van der Waals surface area contributed by atoms with E-state index in [-0.39, 0.29) is 42.8 Å². The van der Waals surface area contributed by atoms with Gasteiger partial charge in [0, 0.05) is 36.8 Å². The van der Waals surface area contributed by atoms with Gasteiger partial charge in [0.15, 0.2) is 11.4 Å². The monoisotopic (exact) mass is 903 g/mol. The maximum atomic E-state index is 15.8. The fourth-order valence-electron chi connectivity index (χ4n) is 10.3. The van der Waals surface area contributed by atoms with Crippen LogP contribution in [0.2, 0.25) is 18.6 Å². The Hall–Kier alpha value is -6.27. The summed E-state index contributed by atoms with van der Waals surface area (Å²) in [5, 5.41) is 11.3. The maximum Gasteiger partial charge on any atom is 0.266 e. The van der Waals surface area contributed by atoms with Crippen LogP contribution in [-0.2, 0) is 26.5 Å². The molecule has 11 heteroatoms. The number of hydrogen-bond donors (Lipinski definition) is 1. The van der Waals surface area contributed by atoms with Crippen molar-refractivity contribution < 1.29 is 33.7 Å². The number of benzene rings is 5. The SMILES string of the molecule is COc1ccc([Si](C)(C)[C@H]2[C@H](CC(=O)N(CCO)Cc3ccccc3)O[C@@]3(C(=O)N(C/C=C(\C)CCC=C(C)C)c4ccc(N5C(=O)c6ccccc6Oc6ccccc65)cc43)[C@@H]2C)cc1. The highest BCUT2D eigenvalue weighted by Crippen LogP contribution is 2.61. The number of hydrogen-bond acceptors (Lipinski definition) is 7. The number of carbonyl (C=O) groups is 3. The number of allylic oxidation sites excluding steroid dienone is 3. The van der Waals surface area contributed by atoms with E-state index in [0.29, 0.717) is 52.8 Å². The zero-order valence-corrected chi connectivity index (χ0v) is 40.1. The van der Waals surface area contributed by atoms with Crippen LogP contribution in [0.15, 0.2) is 145 Å². The molecule has 3 heterocycles. The van der Waals surface area contributed by atoms with Crippen molar-refractivity contribution in [2.24, 2.45) is 5.92 Å². The van der Waals surface area contributed by atoms with E-state index >= 15 is 4.79 Å². The second-order valence-electron chi connectivity index (χ2n) is 18.6. The van der Waals surface area contributed by atoms with Gasteiger partial charge in [0.2, 0.25) is 5.91 Å². The Labute approximate surface area is 390 Å². The Morgan fingerprint density at radius 3 is 2.27 bits per heavy atom. The maximum absolute atomic E-state index is 15.8. The molecule has 0 radical (unpaired) electrons. The highest BCUT2D eigenvalue weighted by atomic mass is 28.3. The summed E-state index contributed by atoms with van der Waals surface area (Å²) in [6, 6.07) is 38.4. The van der Waals surface area contributed by atoms with E-state index in [0.717, 1.165) is 29.3 Å². The molecule has 3 aliphatic heterocycles. The van der Waals surface area contributed by atoms with E-state index in [1.54, 1.807) is 29.0 Å². The van der Waals surface area contributed by atoms with Crippen molar-refractivity contribution in [1.29, 1.82) is 0 Å². The molecule has 342 valence electrons. The average Bonchev–Trinajstić information content (AvgIpc) is 3.68. The van der Waals surface area contributed by atoms with Crippen LogP contribution < -0.4 is 24.5 Å². The van der Waals surface area contributed by atoms with Crippen molar-refractivity contribution in [2.75, 3.05) is 36.6 Å². The minimum atomic E-state index is -2.65. The minimum absolute atomic E-state index is 0.00790. The van der Waals surface area contributed by atoms with Crippen LogP contribution in [0.3, 0.4) is 0 Å². The molecule has 1 N–H and O–H groups in total. The number of aliphatic hydroxyl groups is 1. The lowest BCUT2D eigenvalue weighted by Gasteiger charge is -2.37. The largest absolute Gasteiger partial charge is 0.497 e. The summed E-state index contributed by atoms with van der Waals surface area (Å²) in [4.78, 5) is 50.5. The summed E-state index contributed by atoms with van der Waals surface area (Å²) in [7, 11) is -1.00. The van der Waals surface area contributed by atoms with E-state index < -0.39 is 25.7 Å². The number of nitrogens with zero attached hydrogens (tertiary/aromatic N) is 3. The van der Waals surface area contributed by atoms with Gasteiger partial charge in [-0.2, -0.15) is 0 Å². The Morgan fingerprint density at radius 2 is 1.56 bits per heavy atom. The van der Waals surface area contributed by atoms with Gasteiger partial charge in [0.25, 0.3) is 11.8 Å². The van der Waals surface area contributed by atoms with Crippen LogP contribution in [-0.4, -0.2) is 68.7 Å². The van der Waals surface area contributed by atoms with Crippen molar-refractivity contribution in [2.45, 2.75) is 83.8 Å². The third kappa shape index (κ3) is 8.75. The number of ether oxygens (including phenoxy) is 3. The number of amides is 3. The van der Waals surface area contributed by atoms with Crippen molar-refractivity contribution in [1.82, 2.24) is 4.90 Å². The van der Waals surface area contributed by atoms with E-state index in [2.05, 4.69) is 65.1 Å². The van der Waals surface area contributed by atoms with Crippen LogP contribution in [0.5, 0.6) is 17.2 Å². The average molecular weight is 904 g/mol. The first kappa shape index (κ1) is 46.3. The number of aliphatic hydroxyl groups excluding tert-OH is 1. The van der Waals surface area contributed by atoms with Crippen LogP contribution in [0, 0.1) is 5.92 Å². The lowest BCUT2D eigenvalue weighted by Crippen LogP contribution is -2.52. The topological polar surface area (TPSA) is 109 Å². The summed E-state index contributed by atoms with van der Waals surface area (Å²) in [5.74, 6) is 0.693. The van der Waals surface area contributed by atoms with Gasteiger partial charge < -0.3 is 29.1 Å². The summed E-state index contributed by atoms with van der Waals surface area (Å²) in [5.41, 5.74) is 4.55. The van der Waals surface area contributed by atoms with Gasteiger partial charge in [-0.3, -0.25) is 19.3 Å². The molecular weight excluding hydrogens is 843 g/mol. The van der Waals surface area contributed by atoms with Gasteiger partial charge in [-0.25, -0.2) is 0 Å². The fraction of sp³-hybridized carbons (Fsp3) is 0.327. The van der Waals surface area contributed by atoms with E-state index in [4.69, 9.17) is 14.2 Å². The van der Waals surface area contributed by atoms with Gasteiger partial charge in [-0.05, 0) is 99.3 Å². The molecule has 0 aromatic heterocycles. The molecule has 5 aromatic carbocycles. The van der Waals surface area contributed by atoms with Crippen LogP contribution in [0.1, 0.15) is 68.4 Å². The standard InChI is InChI=1S/C55H61N3O7Si/c1-37(2)16-15-17-38(3)30-31-57-46-29-24-41(58-47-21-12-14-23-49(47)64-48-22-13-11-20-44(48)53(58)61)34-45(46)55(54(57)62)39(4)52(66(6,7)43-27-25-42(63-5)26-28-43)50(65-55)35-51(60)56(32-33-59)36-40-18-9-8-10-19-40/h8-14,16,18-30,34,39,50,52,59H,15,17,31-33,35-36H2,1-7H3/b38-30+/t39-,50+,52-,55+/m1/s1. The predicted octanol–water partition coefficient (Wildman–Crippen LogP) is 10.4. The van der Waals surface area contributed by atoms with Gasteiger partial charge >= 0.3 is 0 Å². The number of anilines is 3. The van der Waals surface area contributed by atoms with Gasteiger partial charge in [-0.15, -0.1) is 0 Å². The molecule has 3 aliphatic rings. The van der Waals surface area contributed by atoms with E-state index in [1.807, 2.05) is 102 Å². The molecule has 0 saturated carbocycles. The normalized spacial score (nSPS) is 20.1. The van der Waals surface area contributed by atoms with E-state index in [9.17, 15) is 14.7 Å². The molecule has 5 aromatic rings. The Bertz CT molecular complexity index is 2660. The molecule has 66 heavy (non-hydrogen) atoms. The third-order valence-corrected chi connectivity index (χ3v) is 18.1. The number of methoxy groups -OCH3 is 1. The summed E-state index contributed by atoms with van der Waals surface area (Å²) < 4.78 is 19.4. The lowest BCUT2D eigenvalue weighted by molar-refractivity contribution is -0.149. The second kappa shape index (κ2) is 19.3. The molecule has 10 nitrogen and oxygen atoms in total. The zero-order valence-electron chi connectivity index (χ0n) is 39.1. The molecule has 8 rings (SSSR count). The Balaban J connectivity index is 1.27. The molecule has 4 atom stereocenters. The quantitative estimate of drug-likeness (QED) is 0.0823. The summed E-state index contributed by atoms with van der Waals surface area (Å²) in [6.45, 7) is 13.6. The first-order chi connectivity index (χ1) is 31.8. The fourth-order valence-corrected chi connectivity index (χ4v) is 14.4. The molecule has 1 saturated heterocycles. The molecule has 0 unspecified atom stereocenters. The number of fused-ring (bicyclic) bond motifs is 4. The molecule has 1 spiro atoms. The third-order valence-electron chi connectivity index (χ3n) is 13.8. The number of rotatable bonds is 15. The van der Waals surface area contributed by atoms with Gasteiger partial charge in [-0.1, -0.05) is 115 Å². The van der Waals surface area contributed by atoms with Crippen molar-refractivity contribution >= 4 is 48.0 Å². The van der Waals surface area contributed by atoms with Crippen molar-refractivity contribution in [3.8, 4) is 17.2 Å². The van der Waals surface area contributed by atoms with Crippen molar-refractivity contribution in [3.05, 3.63) is 161 Å². The van der Waals surface area contributed by atoms with Gasteiger partial charge in [0.1, 0.15) is 11.5 Å². The highest BCUT2D eigenvalue weighted by Gasteiger charge is 2.66. The number of para-hydroxylation sites is 3. The van der Waals surface area contributed by atoms with Crippen LogP contribution >= 0.6 is 0 Å². The molecular formula is C55H61N3O7Si. The smallest absolute Gasteiger partial charge is 0.266 e. The van der Waals surface area contributed by atoms with Crippen molar-refractivity contribution in [3.63, 3.8) is 0 Å². The minimum Gasteiger partial charge on any atom is -0.497 e. The first-order valence-corrected chi connectivity index (χ1v) is 26.1. The van der Waals surface area contributed by atoms with Gasteiger partial charge in [0.05, 0.1) is 51.3 Å². The zero-order chi connectivity index (χ0) is 46.8. The Morgan fingerprint density at radius 1 is 0.864 bits per heavy atom. The number of carbonyl (C=O) groups excluding carboxylic acids is 3.